The predicted molar refractivity (Wildman–Crippen MR) is 101 cm³/mol. The number of amides is 1. The van der Waals surface area contributed by atoms with Crippen molar-refractivity contribution in [2.24, 2.45) is 0 Å². The van der Waals surface area contributed by atoms with Gasteiger partial charge in [-0.2, -0.15) is 0 Å². The van der Waals surface area contributed by atoms with E-state index in [0.717, 1.165) is 11.4 Å². The average Bonchev–Trinajstić information content (AvgIpc) is 3.12. The standard InChI is InChI=1S/C17H23N3O3S2/c1-2-18-11-12-19-17(21)14-5-7-16(8-6-14)25(22,23)20-10-9-15-4-3-13-24-15/h3-8,13,18,20H,2,9-12H2,1H3,(H,19,21). The minimum absolute atomic E-state index is 0.155. The van der Waals surface area contributed by atoms with E-state index in [1.807, 2.05) is 24.4 Å². The number of hydrogen-bond donors (Lipinski definition) is 3. The molecule has 1 heterocycles. The molecule has 0 saturated heterocycles. The van der Waals surface area contributed by atoms with E-state index in [-0.39, 0.29) is 10.8 Å². The molecule has 0 aliphatic rings. The molecule has 3 N–H and O–H groups in total. The number of carbonyl (C=O) groups is 1. The van der Waals surface area contributed by atoms with Crippen molar-refractivity contribution in [2.45, 2.75) is 18.2 Å². The molecule has 2 aromatic rings. The summed E-state index contributed by atoms with van der Waals surface area (Å²) in [6.07, 6.45) is 0.656. The molecule has 0 unspecified atom stereocenters. The van der Waals surface area contributed by atoms with Gasteiger partial charge < -0.3 is 10.6 Å². The van der Waals surface area contributed by atoms with Crippen LogP contribution in [0.4, 0.5) is 0 Å². The summed E-state index contributed by atoms with van der Waals surface area (Å²) in [5.74, 6) is -0.215. The Labute approximate surface area is 152 Å². The summed E-state index contributed by atoms with van der Waals surface area (Å²) >= 11 is 1.60. The molecule has 0 aliphatic heterocycles. The van der Waals surface area contributed by atoms with Gasteiger partial charge in [-0.3, -0.25) is 4.79 Å². The molecular weight excluding hydrogens is 358 g/mol. The topological polar surface area (TPSA) is 87.3 Å². The van der Waals surface area contributed by atoms with Crippen molar-refractivity contribution < 1.29 is 13.2 Å². The number of likely N-dealkylation sites (N-methyl/N-ethyl adjacent to an activating group) is 1. The highest BCUT2D eigenvalue weighted by Gasteiger charge is 2.14. The van der Waals surface area contributed by atoms with Gasteiger partial charge in [-0.05, 0) is 48.7 Å². The SMILES string of the molecule is CCNCCNC(=O)c1ccc(S(=O)(=O)NCCc2cccs2)cc1. The zero-order valence-electron chi connectivity index (χ0n) is 14.1. The second-order valence-corrected chi connectivity index (χ2v) is 8.16. The van der Waals surface area contributed by atoms with Crippen LogP contribution in [0.25, 0.3) is 0 Å². The van der Waals surface area contributed by atoms with Crippen molar-refractivity contribution in [3.63, 3.8) is 0 Å². The lowest BCUT2D eigenvalue weighted by molar-refractivity contribution is 0.0954. The maximum Gasteiger partial charge on any atom is 0.251 e. The van der Waals surface area contributed by atoms with Crippen LogP contribution in [0.15, 0.2) is 46.7 Å². The first kappa shape index (κ1) is 19.6. The van der Waals surface area contributed by atoms with Crippen LogP contribution in [-0.4, -0.2) is 40.5 Å². The minimum Gasteiger partial charge on any atom is -0.351 e. The van der Waals surface area contributed by atoms with E-state index in [1.165, 1.54) is 24.3 Å². The Bertz CT molecular complexity index is 757. The zero-order valence-corrected chi connectivity index (χ0v) is 15.8. The van der Waals surface area contributed by atoms with Gasteiger partial charge in [-0.1, -0.05) is 13.0 Å². The van der Waals surface area contributed by atoms with Gasteiger partial charge in [0.2, 0.25) is 10.0 Å². The molecule has 0 saturated carbocycles. The Morgan fingerprint density at radius 3 is 2.48 bits per heavy atom. The number of sulfonamides is 1. The highest BCUT2D eigenvalue weighted by atomic mass is 32.2. The van der Waals surface area contributed by atoms with Gasteiger partial charge >= 0.3 is 0 Å². The third-order valence-electron chi connectivity index (χ3n) is 3.51. The van der Waals surface area contributed by atoms with Gasteiger partial charge in [0.1, 0.15) is 0 Å². The molecule has 0 radical (unpaired) electrons. The minimum atomic E-state index is -3.57. The van der Waals surface area contributed by atoms with Crippen LogP contribution in [-0.2, 0) is 16.4 Å². The van der Waals surface area contributed by atoms with Gasteiger partial charge in [-0.25, -0.2) is 13.1 Å². The number of carbonyl (C=O) groups excluding carboxylic acids is 1. The Kier molecular flexibility index (Phi) is 7.57. The summed E-state index contributed by atoms with van der Waals surface area (Å²) in [5.41, 5.74) is 0.439. The van der Waals surface area contributed by atoms with Crippen molar-refractivity contribution in [3.05, 3.63) is 52.2 Å². The molecule has 1 aromatic carbocycles. The molecule has 8 heteroatoms. The smallest absolute Gasteiger partial charge is 0.251 e. The van der Waals surface area contributed by atoms with Gasteiger partial charge in [0.05, 0.1) is 4.90 Å². The van der Waals surface area contributed by atoms with Gasteiger partial charge in [0.25, 0.3) is 5.91 Å². The number of hydrogen-bond acceptors (Lipinski definition) is 5. The Morgan fingerprint density at radius 2 is 1.84 bits per heavy atom. The molecule has 0 atom stereocenters. The van der Waals surface area contributed by atoms with Crippen LogP contribution in [0.5, 0.6) is 0 Å². The Hall–Kier alpha value is -1.74. The van der Waals surface area contributed by atoms with E-state index in [1.54, 1.807) is 11.3 Å². The molecule has 2 rings (SSSR count). The van der Waals surface area contributed by atoms with Crippen LogP contribution < -0.4 is 15.4 Å². The molecule has 136 valence electrons. The Balaban J connectivity index is 1.87. The molecular formula is C17H23N3O3S2. The normalized spacial score (nSPS) is 11.4. The highest BCUT2D eigenvalue weighted by Crippen LogP contribution is 2.12. The lowest BCUT2D eigenvalue weighted by Crippen LogP contribution is -2.31. The van der Waals surface area contributed by atoms with E-state index in [2.05, 4.69) is 15.4 Å². The largest absolute Gasteiger partial charge is 0.351 e. The van der Waals surface area contributed by atoms with E-state index < -0.39 is 10.0 Å². The van der Waals surface area contributed by atoms with Crippen molar-refractivity contribution in [1.29, 1.82) is 0 Å². The molecule has 0 spiro atoms. The molecule has 0 fully saturated rings. The Morgan fingerprint density at radius 1 is 1.08 bits per heavy atom. The summed E-state index contributed by atoms with van der Waals surface area (Å²) in [4.78, 5) is 13.3. The maximum absolute atomic E-state index is 12.3. The fraction of sp³-hybridized carbons (Fsp3) is 0.353. The third kappa shape index (κ3) is 6.24. The lowest BCUT2D eigenvalue weighted by atomic mass is 10.2. The quantitative estimate of drug-likeness (QED) is 0.546. The molecule has 0 bridgehead atoms. The van der Waals surface area contributed by atoms with Crippen LogP contribution in [0.2, 0.25) is 0 Å². The molecule has 6 nitrogen and oxygen atoms in total. The summed E-state index contributed by atoms with van der Waals surface area (Å²) in [5, 5.41) is 7.85. The molecule has 0 aliphatic carbocycles. The predicted octanol–water partition coefficient (Wildman–Crippen LogP) is 1.61. The summed E-state index contributed by atoms with van der Waals surface area (Å²) in [7, 11) is -3.57. The third-order valence-corrected chi connectivity index (χ3v) is 5.92. The summed E-state index contributed by atoms with van der Waals surface area (Å²) < 4.78 is 27.1. The first-order chi connectivity index (χ1) is 12.0. The van der Waals surface area contributed by atoms with Crippen LogP contribution >= 0.6 is 11.3 Å². The first-order valence-corrected chi connectivity index (χ1v) is 10.5. The summed E-state index contributed by atoms with van der Waals surface area (Å²) in [6, 6.07) is 9.87. The monoisotopic (exact) mass is 381 g/mol. The van der Waals surface area contributed by atoms with Gasteiger partial charge in [-0.15, -0.1) is 11.3 Å². The molecule has 25 heavy (non-hydrogen) atoms. The van der Waals surface area contributed by atoms with E-state index in [4.69, 9.17) is 0 Å². The number of rotatable bonds is 10. The van der Waals surface area contributed by atoms with E-state index in [0.29, 0.717) is 31.6 Å². The fourth-order valence-corrected chi connectivity index (χ4v) is 3.92. The number of nitrogens with one attached hydrogen (secondary N) is 3. The zero-order chi connectivity index (χ0) is 18.1. The second kappa shape index (κ2) is 9.67. The fourth-order valence-electron chi connectivity index (χ4n) is 2.18. The van der Waals surface area contributed by atoms with Crippen LogP contribution in [0.3, 0.4) is 0 Å². The van der Waals surface area contributed by atoms with E-state index in [9.17, 15) is 13.2 Å². The van der Waals surface area contributed by atoms with Gasteiger partial charge in [0, 0.05) is 30.1 Å². The van der Waals surface area contributed by atoms with Crippen molar-refractivity contribution >= 4 is 27.3 Å². The molecule has 1 aromatic heterocycles. The van der Waals surface area contributed by atoms with Crippen molar-refractivity contribution in [2.75, 3.05) is 26.2 Å². The van der Waals surface area contributed by atoms with Crippen molar-refractivity contribution in [3.8, 4) is 0 Å². The number of benzene rings is 1. The van der Waals surface area contributed by atoms with Crippen LogP contribution in [0.1, 0.15) is 22.2 Å². The average molecular weight is 382 g/mol. The lowest BCUT2D eigenvalue weighted by Gasteiger charge is -2.08. The second-order valence-electron chi connectivity index (χ2n) is 5.36. The molecule has 1 amide bonds. The van der Waals surface area contributed by atoms with E-state index >= 15 is 0 Å². The number of thiophene rings is 1. The highest BCUT2D eigenvalue weighted by molar-refractivity contribution is 7.89. The maximum atomic E-state index is 12.3. The van der Waals surface area contributed by atoms with Crippen LogP contribution in [0, 0.1) is 0 Å². The van der Waals surface area contributed by atoms with Crippen molar-refractivity contribution in [1.82, 2.24) is 15.4 Å². The first-order valence-electron chi connectivity index (χ1n) is 8.14. The summed E-state index contributed by atoms with van der Waals surface area (Å²) in [6.45, 7) is 4.41. The van der Waals surface area contributed by atoms with Gasteiger partial charge in [0.15, 0.2) is 0 Å².